The number of hydrogen-bond acceptors (Lipinski definition) is 18. The molecule has 7 fully saturated rings. The Hall–Kier alpha value is -3.66. The van der Waals surface area contributed by atoms with Crippen LogP contribution in [0, 0.1) is 0 Å². The summed E-state index contributed by atoms with van der Waals surface area (Å²) < 4.78 is 74.9. The SMILES string of the molecule is CC1(C)O[C@@H]2[C@@H]3OC(C)(C)O[C@H]3C(=O)NCCCCCC(=O)NC[C@H]3OC(C)(C)O[C@@H]3[C@@H]3OC(C)(C)O[C@H]3C(=O)NCCCCCC(=O)NC[C@H]3OC(C)(C)O[C@@H]3[C@@H]3OC(C)(C)O[C@H]3C(=O)NCCCCCC(=O)NC[C@H]2O1. The van der Waals surface area contributed by atoms with Crippen LogP contribution in [0.1, 0.15) is 160 Å². The summed E-state index contributed by atoms with van der Waals surface area (Å²) in [6, 6.07) is 0. The van der Waals surface area contributed by atoms with Crippen LogP contribution >= 0.6 is 0 Å². The first-order valence-corrected chi connectivity index (χ1v) is 28.3. The fourth-order valence-electron chi connectivity index (χ4n) is 11.2. The van der Waals surface area contributed by atoms with Crippen LogP contribution in [0.5, 0.6) is 0 Å². The smallest absolute Gasteiger partial charge is 0.252 e. The molecule has 0 saturated carbocycles. The van der Waals surface area contributed by atoms with Crippen LogP contribution in [0.4, 0.5) is 0 Å². The van der Waals surface area contributed by atoms with Crippen molar-refractivity contribution in [2.45, 2.75) is 268 Å². The molecule has 0 bridgehead atoms. The monoisotopic (exact) mass is 1110 g/mol. The highest BCUT2D eigenvalue weighted by molar-refractivity contribution is 5.83. The molecule has 6 N–H and O–H groups in total. The molecule has 0 radical (unpaired) electrons. The van der Waals surface area contributed by atoms with Crippen molar-refractivity contribution in [1.29, 1.82) is 0 Å². The molecule has 7 aliphatic rings. The minimum Gasteiger partial charge on any atom is -0.354 e. The number of ether oxygens (including phenoxy) is 12. The minimum absolute atomic E-state index is 0.105. The summed E-state index contributed by atoms with van der Waals surface area (Å²) in [5.41, 5.74) is 0. The molecule has 7 saturated heterocycles. The van der Waals surface area contributed by atoms with E-state index in [1.807, 2.05) is 0 Å². The molecular weight excluding hydrogens is 1020 g/mol. The van der Waals surface area contributed by atoms with Crippen molar-refractivity contribution in [3.05, 3.63) is 0 Å². The highest BCUT2D eigenvalue weighted by Crippen LogP contribution is 2.42. The maximum absolute atomic E-state index is 13.7. The molecule has 0 aromatic heterocycles. The third-order valence-corrected chi connectivity index (χ3v) is 14.4. The second kappa shape index (κ2) is 25.6. The number of fused-ring (bicyclic) bond motifs is 9. The quantitative estimate of drug-likeness (QED) is 0.203. The van der Waals surface area contributed by atoms with Crippen molar-refractivity contribution in [1.82, 2.24) is 31.9 Å². The second-order valence-electron chi connectivity index (χ2n) is 24.2. The van der Waals surface area contributed by atoms with Crippen molar-refractivity contribution < 1.29 is 85.6 Å². The Morgan fingerprint density at radius 1 is 0.282 bits per heavy atom. The number of carbonyl (C=O) groups is 6. The summed E-state index contributed by atoms with van der Waals surface area (Å²) in [5, 5.41) is 17.8. The van der Waals surface area contributed by atoms with Crippen molar-refractivity contribution in [2.24, 2.45) is 0 Å². The van der Waals surface area contributed by atoms with Gasteiger partial charge in [-0.05, 0) is 122 Å². The van der Waals surface area contributed by atoms with E-state index in [-0.39, 0.29) is 74.3 Å². The van der Waals surface area contributed by atoms with E-state index in [2.05, 4.69) is 31.9 Å². The van der Waals surface area contributed by atoms with E-state index in [0.717, 1.165) is 0 Å². The van der Waals surface area contributed by atoms with Gasteiger partial charge in [-0.25, -0.2) is 0 Å². The Balaban J connectivity index is 0.980. The van der Waals surface area contributed by atoms with Crippen LogP contribution in [-0.4, -0.2) is 183 Å². The zero-order valence-electron chi connectivity index (χ0n) is 48.0. The summed E-state index contributed by atoms with van der Waals surface area (Å²) >= 11 is 0. The van der Waals surface area contributed by atoms with Gasteiger partial charge in [-0.2, -0.15) is 0 Å². The van der Waals surface area contributed by atoms with Crippen molar-refractivity contribution in [3.8, 4) is 0 Å². The largest absolute Gasteiger partial charge is 0.354 e. The molecule has 6 amide bonds. The fraction of sp³-hybridized carbons (Fsp3) is 0.889. The molecule has 0 spiro atoms. The Labute approximate surface area is 459 Å². The molecule has 0 aliphatic carbocycles. The Morgan fingerprint density at radius 3 is 0.769 bits per heavy atom. The van der Waals surface area contributed by atoms with E-state index in [9.17, 15) is 28.8 Å². The van der Waals surface area contributed by atoms with Gasteiger partial charge in [-0.1, -0.05) is 19.3 Å². The van der Waals surface area contributed by atoms with E-state index in [1.165, 1.54) is 0 Å². The van der Waals surface area contributed by atoms with Crippen LogP contribution in [0.25, 0.3) is 0 Å². The lowest BCUT2D eigenvalue weighted by Crippen LogP contribution is -2.51. The molecule has 7 aliphatic heterocycles. The topological polar surface area (TPSA) is 285 Å². The van der Waals surface area contributed by atoms with Crippen molar-refractivity contribution in [2.75, 3.05) is 39.3 Å². The lowest BCUT2D eigenvalue weighted by atomic mass is 10.0. The molecular formula is C54H90N6O18. The number of hydrogen-bond donors (Lipinski definition) is 6. The molecule has 7 rings (SSSR count). The summed E-state index contributed by atoms with van der Waals surface area (Å²) in [6.07, 6.45) is -3.75. The predicted octanol–water partition coefficient (Wildman–Crippen LogP) is 2.50. The van der Waals surface area contributed by atoms with Gasteiger partial charge in [0, 0.05) is 58.5 Å². The Bertz CT molecular complexity index is 1880. The number of amides is 6. The molecule has 0 unspecified atom stereocenters. The van der Waals surface area contributed by atoms with E-state index >= 15 is 0 Å². The number of nitrogens with one attached hydrogen (secondary N) is 6. The highest BCUT2D eigenvalue weighted by atomic mass is 16.8. The lowest BCUT2D eigenvalue weighted by molar-refractivity contribution is -0.175. The lowest BCUT2D eigenvalue weighted by Gasteiger charge is -2.26. The van der Waals surface area contributed by atoms with E-state index in [1.54, 1.807) is 83.1 Å². The molecule has 24 heteroatoms. The zero-order valence-corrected chi connectivity index (χ0v) is 48.0. The minimum atomic E-state index is -1.11. The first-order valence-electron chi connectivity index (χ1n) is 28.3. The van der Waals surface area contributed by atoms with E-state index < -0.39 is 108 Å². The third kappa shape index (κ3) is 17.2. The van der Waals surface area contributed by atoms with Crippen LogP contribution in [0.2, 0.25) is 0 Å². The zero-order chi connectivity index (χ0) is 56.8. The molecule has 0 aromatic carbocycles. The third-order valence-electron chi connectivity index (χ3n) is 14.4. The van der Waals surface area contributed by atoms with Gasteiger partial charge in [0.2, 0.25) is 17.7 Å². The molecule has 0 aromatic rings. The van der Waals surface area contributed by atoms with Gasteiger partial charge >= 0.3 is 0 Å². The fourth-order valence-corrected chi connectivity index (χ4v) is 11.2. The van der Waals surface area contributed by atoms with Crippen molar-refractivity contribution in [3.63, 3.8) is 0 Å². The molecule has 444 valence electrons. The van der Waals surface area contributed by atoms with Gasteiger partial charge in [-0.15, -0.1) is 0 Å². The van der Waals surface area contributed by atoms with Gasteiger partial charge in [0.05, 0.1) is 0 Å². The standard InChI is InChI=1S/C54H90N6O18/c1-49(2)67-31-28-58-34(61)22-16-13-20-26-56-47(65)44-41(74-53(9,10)77-44)38-33(69-51(5,6)71-38)30-60-36(63)24-18-15-21-27-57-48(66)45-42(75-54(11,12)78-45)39-32(68-50(3,4)72-39)29-59-35(62)23-17-14-19-25-55-46(64)43-40(37(31)70-49)73-52(7,8)76-43/h31-33,37-45H,13-30H2,1-12H3,(H,55,64)(H,56,65)(H,57,66)(H,58,61)(H,59,62)(H,60,63)/t31-,32-,33-,37+,38+,39+,40+,41+,42+,43-,44-,45-/m1/s1. The van der Waals surface area contributed by atoms with Gasteiger partial charge in [0.1, 0.15) is 54.9 Å². The van der Waals surface area contributed by atoms with E-state index in [4.69, 9.17) is 56.8 Å². The van der Waals surface area contributed by atoms with E-state index in [0.29, 0.717) is 77.4 Å². The molecule has 12 atom stereocenters. The molecule has 24 nitrogen and oxygen atoms in total. The molecule has 7 heterocycles. The summed E-state index contributed by atoms with van der Waals surface area (Å²) in [5.74, 6) is -8.15. The first-order chi connectivity index (χ1) is 36.5. The maximum Gasteiger partial charge on any atom is 0.252 e. The summed E-state index contributed by atoms with van der Waals surface area (Å²) in [7, 11) is 0. The normalized spacial score (nSPS) is 37.8. The predicted molar refractivity (Wildman–Crippen MR) is 276 cm³/mol. The first kappa shape index (κ1) is 61.9. The summed E-state index contributed by atoms with van der Waals surface area (Å²) in [6.45, 7) is 22.2. The van der Waals surface area contributed by atoms with Crippen LogP contribution in [0.3, 0.4) is 0 Å². The van der Waals surface area contributed by atoms with Crippen LogP contribution < -0.4 is 31.9 Å². The average molecular weight is 1110 g/mol. The van der Waals surface area contributed by atoms with Crippen molar-refractivity contribution >= 4 is 35.4 Å². The number of carbonyl (C=O) groups excluding carboxylic acids is 6. The Morgan fingerprint density at radius 2 is 0.513 bits per heavy atom. The molecule has 78 heavy (non-hydrogen) atoms. The van der Waals surface area contributed by atoms with Gasteiger partial charge in [-0.3, -0.25) is 28.8 Å². The second-order valence-corrected chi connectivity index (χ2v) is 24.2. The van der Waals surface area contributed by atoms with Crippen LogP contribution in [-0.2, 0) is 85.6 Å². The van der Waals surface area contributed by atoms with Gasteiger partial charge < -0.3 is 88.7 Å². The highest BCUT2D eigenvalue weighted by Gasteiger charge is 2.59. The maximum atomic E-state index is 13.7. The number of rotatable bonds is 0. The Kier molecular flexibility index (Phi) is 20.4. The summed E-state index contributed by atoms with van der Waals surface area (Å²) in [4.78, 5) is 80.6. The van der Waals surface area contributed by atoms with Gasteiger partial charge in [0.15, 0.2) is 53.0 Å². The van der Waals surface area contributed by atoms with Crippen LogP contribution in [0.15, 0.2) is 0 Å². The van der Waals surface area contributed by atoms with Gasteiger partial charge in [0.25, 0.3) is 17.7 Å². The average Bonchev–Trinajstić information content (AvgIpc) is 4.19.